The van der Waals surface area contributed by atoms with Gasteiger partial charge in [0.2, 0.25) is 0 Å². The molecule has 108 valence electrons. The number of nitrogens with two attached hydrogens (primary N) is 1. The summed E-state index contributed by atoms with van der Waals surface area (Å²) in [5, 5.41) is 0. The topological polar surface area (TPSA) is 48.1 Å². The average molecular weight is 394 g/mol. The van der Waals surface area contributed by atoms with Crippen LogP contribution in [-0.4, -0.2) is 21.5 Å². The molecule has 0 aliphatic carbocycles. The van der Waals surface area contributed by atoms with Gasteiger partial charge in [0.05, 0.1) is 0 Å². The molecular formula is C14H23IN2OS. The predicted molar refractivity (Wildman–Crippen MR) is 92.0 cm³/mol. The zero-order valence-electron chi connectivity index (χ0n) is 11.6. The Hall–Kier alpha value is 0.150. The number of aryl methyl sites for hydroxylation is 1. The van der Waals surface area contributed by atoms with Gasteiger partial charge in [0.1, 0.15) is 3.61 Å². The lowest BCUT2D eigenvalue weighted by Gasteiger charge is -2.20. The van der Waals surface area contributed by atoms with E-state index in [9.17, 15) is 0 Å². The van der Waals surface area contributed by atoms with Crippen molar-refractivity contribution in [2.75, 3.05) is 12.9 Å². The van der Waals surface area contributed by atoms with Crippen molar-refractivity contribution in [1.82, 2.24) is 4.98 Å². The molecule has 0 radical (unpaired) electrons. The van der Waals surface area contributed by atoms with Gasteiger partial charge in [0.25, 0.3) is 0 Å². The normalized spacial score (nSPS) is 16.1. The van der Waals surface area contributed by atoms with Gasteiger partial charge in [-0.15, -0.1) is 0 Å². The number of methoxy groups -OCH3 is 1. The average Bonchev–Trinajstić information content (AvgIpc) is 2.39. The monoisotopic (exact) mass is 394 g/mol. The summed E-state index contributed by atoms with van der Waals surface area (Å²) >= 11 is 6.56. The molecule has 1 rings (SSSR count). The SMILES string of the molecule is COC(C)(I)CCCc1cncc(C(N)CCS)c1. The molecule has 5 heteroatoms. The molecule has 19 heavy (non-hydrogen) atoms. The number of hydrogen-bond donors (Lipinski definition) is 2. The number of ether oxygens (including phenoxy) is 1. The van der Waals surface area contributed by atoms with Crippen molar-refractivity contribution in [3.05, 3.63) is 29.6 Å². The van der Waals surface area contributed by atoms with Crippen molar-refractivity contribution in [3.63, 3.8) is 0 Å². The summed E-state index contributed by atoms with van der Waals surface area (Å²) in [7, 11) is 1.76. The highest BCUT2D eigenvalue weighted by atomic mass is 127. The number of alkyl halides is 1. The van der Waals surface area contributed by atoms with Crippen LogP contribution in [0.1, 0.15) is 43.4 Å². The molecule has 2 N–H and O–H groups in total. The minimum Gasteiger partial charge on any atom is -0.368 e. The number of aromatic nitrogens is 1. The van der Waals surface area contributed by atoms with Gasteiger partial charge in [0, 0.05) is 25.5 Å². The highest BCUT2D eigenvalue weighted by Crippen LogP contribution is 2.26. The number of nitrogens with zero attached hydrogens (tertiary/aromatic N) is 1. The van der Waals surface area contributed by atoms with Gasteiger partial charge in [-0.1, -0.05) is 6.07 Å². The van der Waals surface area contributed by atoms with Gasteiger partial charge in [-0.2, -0.15) is 12.6 Å². The molecular weight excluding hydrogens is 371 g/mol. The smallest absolute Gasteiger partial charge is 0.116 e. The third-order valence-electron chi connectivity index (χ3n) is 3.20. The van der Waals surface area contributed by atoms with Crippen molar-refractivity contribution in [3.8, 4) is 0 Å². The maximum atomic E-state index is 6.08. The van der Waals surface area contributed by atoms with E-state index in [0.29, 0.717) is 0 Å². The zero-order valence-corrected chi connectivity index (χ0v) is 14.7. The Morgan fingerprint density at radius 2 is 2.26 bits per heavy atom. The number of pyridine rings is 1. The molecule has 0 amide bonds. The van der Waals surface area contributed by atoms with E-state index in [2.05, 4.69) is 53.2 Å². The van der Waals surface area contributed by atoms with E-state index in [1.54, 1.807) is 7.11 Å². The maximum absolute atomic E-state index is 6.08. The van der Waals surface area contributed by atoms with Crippen LogP contribution in [0.5, 0.6) is 0 Å². The lowest BCUT2D eigenvalue weighted by Crippen LogP contribution is -2.17. The van der Waals surface area contributed by atoms with E-state index in [0.717, 1.165) is 37.0 Å². The standard InChI is InChI=1S/C14H23IN2OS/c1-14(15,18-2)6-3-4-11-8-12(10-17-9-11)13(16)5-7-19/h8-10,13,19H,3-7,16H2,1-2H3. The predicted octanol–water partition coefficient (Wildman–Crippen LogP) is 3.52. The molecule has 1 aromatic heterocycles. The fourth-order valence-electron chi connectivity index (χ4n) is 1.86. The van der Waals surface area contributed by atoms with E-state index in [1.807, 2.05) is 12.4 Å². The van der Waals surface area contributed by atoms with Crippen LogP contribution in [0.3, 0.4) is 0 Å². The molecule has 1 aromatic rings. The van der Waals surface area contributed by atoms with Crippen LogP contribution in [-0.2, 0) is 11.2 Å². The number of rotatable bonds is 8. The lowest BCUT2D eigenvalue weighted by atomic mass is 10.0. The Labute approximate surface area is 135 Å². The van der Waals surface area contributed by atoms with Gasteiger partial charge in [-0.05, 0) is 72.1 Å². The third-order valence-corrected chi connectivity index (χ3v) is 4.44. The summed E-state index contributed by atoms with van der Waals surface area (Å²) in [6.07, 6.45) is 7.78. The maximum Gasteiger partial charge on any atom is 0.116 e. The fraction of sp³-hybridized carbons (Fsp3) is 0.643. The summed E-state index contributed by atoms with van der Waals surface area (Å²) in [4.78, 5) is 4.29. The Kier molecular flexibility index (Phi) is 7.64. The van der Waals surface area contributed by atoms with Gasteiger partial charge < -0.3 is 10.5 Å². The number of hydrogen-bond acceptors (Lipinski definition) is 4. The van der Waals surface area contributed by atoms with Gasteiger partial charge >= 0.3 is 0 Å². The molecule has 3 nitrogen and oxygen atoms in total. The highest BCUT2D eigenvalue weighted by Gasteiger charge is 2.17. The minimum absolute atomic E-state index is 0.0405. The molecule has 0 aliphatic rings. The summed E-state index contributed by atoms with van der Waals surface area (Å²) in [6.45, 7) is 2.10. The van der Waals surface area contributed by atoms with Crippen LogP contribution < -0.4 is 5.73 Å². The summed E-state index contributed by atoms with van der Waals surface area (Å²) in [5.41, 5.74) is 8.44. The molecule has 0 fully saturated rings. The molecule has 0 saturated heterocycles. The highest BCUT2D eigenvalue weighted by molar-refractivity contribution is 14.1. The van der Waals surface area contributed by atoms with Crippen LogP contribution in [0.2, 0.25) is 0 Å². The van der Waals surface area contributed by atoms with Crippen LogP contribution in [0, 0.1) is 0 Å². The fourth-order valence-corrected chi connectivity index (χ4v) is 2.52. The summed E-state index contributed by atoms with van der Waals surface area (Å²) < 4.78 is 5.33. The van der Waals surface area contributed by atoms with Crippen LogP contribution in [0.15, 0.2) is 18.5 Å². The Morgan fingerprint density at radius 3 is 2.89 bits per heavy atom. The largest absolute Gasteiger partial charge is 0.368 e. The van der Waals surface area contributed by atoms with E-state index in [4.69, 9.17) is 10.5 Å². The van der Waals surface area contributed by atoms with Crippen molar-refractivity contribution in [2.45, 2.75) is 42.3 Å². The van der Waals surface area contributed by atoms with E-state index >= 15 is 0 Å². The van der Waals surface area contributed by atoms with E-state index in [-0.39, 0.29) is 9.65 Å². The molecule has 0 bridgehead atoms. The second kappa shape index (κ2) is 8.44. The van der Waals surface area contributed by atoms with Crippen LogP contribution >= 0.6 is 35.2 Å². The van der Waals surface area contributed by atoms with Gasteiger partial charge in [-0.3, -0.25) is 4.98 Å². The van der Waals surface area contributed by atoms with Crippen LogP contribution in [0.25, 0.3) is 0 Å². The third kappa shape index (κ3) is 6.42. The van der Waals surface area contributed by atoms with Gasteiger partial charge in [0.15, 0.2) is 0 Å². The Balaban J connectivity index is 2.53. The molecule has 2 atom stereocenters. The molecule has 0 spiro atoms. The first-order chi connectivity index (χ1) is 8.98. The molecule has 0 aliphatic heterocycles. The van der Waals surface area contributed by atoms with Crippen molar-refractivity contribution in [2.24, 2.45) is 5.73 Å². The Bertz CT molecular complexity index is 387. The zero-order chi connectivity index (χ0) is 14.3. The second-order valence-electron chi connectivity index (χ2n) is 4.90. The lowest BCUT2D eigenvalue weighted by molar-refractivity contribution is 0.0936. The number of thiol groups is 1. The van der Waals surface area contributed by atoms with Crippen LogP contribution in [0.4, 0.5) is 0 Å². The first-order valence-corrected chi connectivity index (χ1v) is 8.24. The van der Waals surface area contributed by atoms with E-state index in [1.165, 1.54) is 5.56 Å². The summed E-state index contributed by atoms with van der Waals surface area (Å²) in [6, 6.07) is 2.21. The summed E-state index contributed by atoms with van der Waals surface area (Å²) in [5.74, 6) is 0.798. The Morgan fingerprint density at radius 1 is 1.53 bits per heavy atom. The molecule has 1 heterocycles. The van der Waals surface area contributed by atoms with Crippen molar-refractivity contribution < 1.29 is 4.74 Å². The molecule has 0 saturated carbocycles. The van der Waals surface area contributed by atoms with E-state index < -0.39 is 0 Å². The second-order valence-corrected chi connectivity index (χ2v) is 7.63. The van der Waals surface area contributed by atoms with Gasteiger partial charge in [-0.25, -0.2) is 0 Å². The van der Waals surface area contributed by atoms with Crippen molar-refractivity contribution in [1.29, 1.82) is 0 Å². The molecule has 0 aromatic carbocycles. The van der Waals surface area contributed by atoms with Crippen molar-refractivity contribution >= 4 is 35.2 Å². The first-order valence-electron chi connectivity index (χ1n) is 6.53. The molecule has 2 unspecified atom stereocenters. The number of halogens is 1. The first kappa shape index (κ1) is 17.2. The minimum atomic E-state index is -0.0781. The quantitative estimate of drug-likeness (QED) is 0.403.